The highest BCUT2D eigenvalue weighted by atomic mass is 16.5. The summed E-state index contributed by atoms with van der Waals surface area (Å²) in [6.07, 6.45) is 2.64. The lowest BCUT2D eigenvalue weighted by atomic mass is 10.0. The third-order valence-corrected chi connectivity index (χ3v) is 4.25. The number of esters is 1. The maximum absolute atomic E-state index is 12.4. The van der Waals surface area contributed by atoms with E-state index in [9.17, 15) is 9.59 Å². The van der Waals surface area contributed by atoms with Gasteiger partial charge in [-0.05, 0) is 24.8 Å². The van der Waals surface area contributed by atoms with Crippen molar-refractivity contribution in [3.05, 3.63) is 35.9 Å². The topological polar surface area (TPSA) is 72.6 Å². The minimum atomic E-state index is -0.333. The van der Waals surface area contributed by atoms with E-state index >= 15 is 0 Å². The van der Waals surface area contributed by atoms with Crippen LogP contribution < -0.4 is 5.73 Å². The second-order valence-corrected chi connectivity index (χ2v) is 5.72. The van der Waals surface area contributed by atoms with Gasteiger partial charge in [-0.1, -0.05) is 30.3 Å². The van der Waals surface area contributed by atoms with Crippen molar-refractivity contribution in [3.8, 4) is 0 Å². The van der Waals surface area contributed by atoms with Crippen molar-refractivity contribution in [3.63, 3.8) is 0 Å². The summed E-state index contributed by atoms with van der Waals surface area (Å²) in [6, 6.07) is 10.3. The van der Waals surface area contributed by atoms with Crippen molar-refractivity contribution in [2.75, 3.05) is 20.2 Å². The molecule has 0 bridgehead atoms. The Morgan fingerprint density at radius 2 is 2.09 bits per heavy atom. The molecular formula is C17H24N2O3. The second-order valence-electron chi connectivity index (χ2n) is 5.72. The molecule has 1 saturated heterocycles. The maximum Gasteiger partial charge on any atom is 0.306 e. The Kier molecular flexibility index (Phi) is 5.95. The van der Waals surface area contributed by atoms with Crippen LogP contribution >= 0.6 is 0 Å². The van der Waals surface area contributed by atoms with Crippen molar-refractivity contribution in [2.24, 2.45) is 11.7 Å². The lowest BCUT2D eigenvalue weighted by Gasteiger charge is -2.23. The predicted octanol–water partition coefficient (Wildman–Crippen LogP) is 1.36. The van der Waals surface area contributed by atoms with Crippen LogP contribution in [-0.2, 0) is 20.7 Å². The average molecular weight is 304 g/mol. The fourth-order valence-electron chi connectivity index (χ4n) is 3.04. The standard InChI is InChI=1S/C17H24N2O3/c1-22-16(20)11-14-10-15(12-18)19(17(14)21)9-5-8-13-6-3-2-4-7-13/h2-4,6-7,14-15H,5,8-12,18H2,1H3/t14-,15-/m0/s1. The number of amides is 1. The number of hydrogen-bond donors (Lipinski definition) is 1. The van der Waals surface area contributed by atoms with Crippen LogP contribution in [0.3, 0.4) is 0 Å². The molecule has 1 aliphatic rings. The Bertz CT molecular complexity index is 504. The lowest BCUT2D eigenvalue weighted by molar-refractivity contribution is -0.144. The Morgan fingerprint density at radius 1 is 1.36 bits per heavy atom. The van der Waals surface area contributed by atoms with Crippen LogP contribution in [0.25, 0.3) is 0 Å². The first-order chi connectivity index (χ1) is 10.7. The summed E-state index contributed by atoms with van der Waals surface area (Å²) in [7, 11) is 1.35. The van der Waals surface area contributed by atoms with Gasteiger partial charge in [0.15, 0.2) is 0 Å². The van der Waals surface area contributed by atoms with Crippen molar-refractivity contribution in [1.82, 2.24) is 4.90 Å². The second kappa shape index (κ2) is 7.94. The SMILES string of the molecule is COC(=O)C[C@@H]1C[C@@H](CN)N(CCCc2ccccc2)C1=O. The number of benzene rings is 1. The minimum Gasteiger partial charge on any atom is -0.469 e. The molecule has 0 saturated carbocycles. The zero-order chi connectivity index (χ0) is 15.9. The first-order valence-corrected chi connectivity index (χ1v) is 7.77. The highest BCUT2D eigenvalue weighted by molar-refractivity contribution is 5.85. The largest absolute Gasteiger partial charge is 0.469 e. The number of carbonyl (C=O) groups is 2. The Morgan fingerprint density at radius 3 is 2.73 bits per heavy atom. The molecule has 120 valence electrons. The molecule has 2 rings (SSSR count). The lowest BCUT2D eigenvalue weighted by Crippen LogP contribution is -2.39. The molecule has 1 fully saturated rings. The molecule has 0 spiro atoms. The molecule has 1 aliphatic heterocycles. The molecule has 2 N–H and O–H groups in total. The van der Waals surface area contributed by atoms with Crippen molar-refractivity contribution < 1.29 is 14.3 Å². The molecule has 5 nitrogen and oxygen atoms in total. The van der Waals surface area contributed by atoms with Crippen molar-refractivity contribution in [1.29, 1.82) is 0 Å². The Labute approximate surface area is 131 Å². The number of aryl methyl sites for hydroxylation is 1. The van der Waals surface area contributed by atoms with Crippen molar-refractivity contribution in [2.45, 2.75) is 31.7 Å². The van der Waals surface area contributed by atoms with E-state index in [0.29, 0.717) is 19.5 Å². The highest BCUT2D eigenvalue weighted by Crippen LogP contribution is 2.27. The van der Waals surface area contributed by atoms with Gasteiger partial charge in [0.05, 0.1) is 19.4 Å². The van der Waals surface area contributed by atoms with Gasteiger partial charge in [0.2, 0.25) is 5.91 Å². The maximum atomic E-state index is 12.4. The summed E-state index contributed by atoms with van der Waals surface area (Å²) in [5.74, 6) is -0.577. The number of methoxy groups -OCH3 is 1. The summed E-state index contributed by atoms with van der Waals surface area (Å²) >= 11 is 0. The fourth-order valence-corrected chi connectivity index (χ4v) is 3.04. The van der Waals surface area contributed by atoms with Gasteiger partial charge >= 0.3 is 5.97 Å². The van der Waals surface area contributed by atoms with Gasteiger partial charge in [-0.2, -0.15) is 0 Å². The number of nitrogens with zero attached hydrogens (tertiary/aromatic N) is 1. The number of likely N-dealkylation sites (tertiary alicyclic amines) is 1. The number of rotatable bonds is 7. The van der Waals surface area contributed by atoms with E-state index in [2.05, 4.69) is 16.9 Å². The zero-order valence-corrected chi connectivity index (χ0v) is 13.0. The third kappa shape index (κ3) is 4.07. The molecule has 22 heavy (non-hydrogen) atoms. The summed E-state index contributed by atoms with van der Waals surface area (Å²) in [5, 5.41) is 0. The number of ether oxygens (including phenoxy) is 1. The Balaban J connectivity index is 1.88. The third-order valence-electron chi connectivity index (χ3n) is 4.25. The van der Waals surface area contributed by atoms with Gasteiger partial charge in [0, 0.05) is 19.1 Å². The van der Waals surface area contributed by atoms with Crippen LogP contribution in [0, 0.1) is 5.92 Å². The summed E-state index contributed by atoms with van der Waals surface area (Å²) in [4.78, 5) is 25.7. The quantitative estimate of drug-likeness (QED) is 0.772. The van der Waals surface area contributed by atoms with Crippen LogP contribution in [-0.4, -0.2) is 43.0 Å². The smallest absolute Gasteiger partial charge is 0.306 e. The summed E-state index contributed by atoms with van der Waals surface area (Å²) in [5.41, 5.74) is 7.05. The van der Waals surface area contributed by atoms with Crippen LogP contribution in [0.15, 0.2) is 30.3 Å². The van der Waals surface area contributed by atoms with E-state index < -0.39 is 0 Å². The van der Waals surface area contributed by atoms with Crippen LogP contribution in [0.1, 0.15) is 24.8 Å². The van der Waals surface area contributed by atoms with E-state index in [-0.39, 0.29) is 30.3 Å². The van der Waals surface area contributed by atoms with Gasteiger partial charge in [0.25, 0.3) is 0 Å². The molecule has 0 radical (unpaired) electrons. The van der Waals surface area contributed by atoms with Crippen molar-refractivity contribution >= 4 is 11.9 Å². The normalized spacial score (nSPS) is 21.2. The molecular weight excluding hydrogens is 280 g/mol. The van der Waals surface area contributed by atoms with Crippen LogP contribution in [0.5, 0.6) is 0 Å². The fraction of sp³-hybridized carbons (Fsp3) is 0.529. The average Bonchev–Trinajstić information content (AvgIpc) is 2.84. The van der Waals surface area contributed by atoms with E-state index in [1.54, 1.807) is 0 Å². The van der Waals surface area contributed by atoms with Gasteiger partial charge < -0.3 is 15.4 Å². The molecule has 0 aromatic heterocycles. The molecule has 0 aliphatic carbocycles. The molecule has 5 heteroatoms. The summed E-state index contributed by atoms with van der Waals surface area (Å²) in [6.45, 7) is 1.13. The molecule has 1 heterocycles. The molecule has 1 aromatic carbocycles. The molecule has 1 aromatic rings. The van der Waals surface area contributed by atoms with E-state index in [1.165, 1.54) is 12.7 Å². The monoisotopic (exact) mass is 304 g/mol. The summed E-state index contributed by atoms with van der Waals surface area (Å²) < 4.78 is 4.66. The van der Waals surface area contributed by atoms with Crippen LogP contribution in [0.2, 0.25) is 0 Å². The van der Waals surface area contributed by atoms with Gasteiger partial charge in [0.1, 0.15) is 0 Å². The Hall–Kier alpha value is -1.88. The number of nitrogens with two attached hydrogens (primary N) is 1. The first-order valence-electron chi connectivity index (χ1n) is 7.77. The predicted molar refractivity (Wildman–Crippen MR) is 84.1 cm³/mol. The highest BCUT2D eigenvalue weighted by Gasteiger charge is 2.39. The zero-order valence-electron chi connectivity index (χ0n) is 13.0. The van der Waals surface area contributed by atoms with Gasteiger partial charge in [-0.25, -0.2) is 0 Å². The van der Waals surface area contributed by atoms with E-state index in [1.807, 2.05) is 23.1 Å². The number of hydrogen-bond acceptors (Lipinski definition) is 4. The molecule has 2 atom stereocenters. The van der Waals surface area contributed by atoms with Crippen LogP contribution in [0.4, 0.5) is 0 Å². The number of carbonyl (C=O) groups excluding carboxylic acids is 2. The molecule has 0 unspecified atom stereocenters. The molecule has 1 amide bonds. The van der Waals surface area contributed by atoms with Gasteiger partial charge in [-0.15, -0.1) is 0 Å². The van der Waals surface area contributed by atoms with Gasteiger partial charge in [-0.3, -0.25) is 9.59 Å². The first kappa shape index (κ1) is 16.5. The minimum absolute atomic E-state index is 0.0360. The van der Waals surface area contributed by atoms with E-state index in [4.69, 9.17) is 5.73 Å². The van der Waals surface area contributed by atoms with E-state index in [0.717, 1.165) is 12.8 Å².